The summed E-state index contributed by atoms with van der Waals surface area (Å²) < 4.78 is 6.75. The molecule has 0 aromatic heterocycles. The van der Waals surface area contributed by atoms with Gasteiger partial charge in [0.15, 0.2) is 0 Å². The van der Waals surface area contributed by atoms with E-state index in [-0.39, 0.29) is 26.7 Å². The van der Waals surface area contributed by atoms with Crippen molar-refractivity contribution in [2.75, 3.05) is 6.61 Å². The Balaban J connectivity index is 2.27. The summed E-state index contributed by atoms with van der Waals surface area (Å²) in [5.74, 6) is -0.491. The van der Waals surface area contributed by atoms with Crippen molar-refractivity contribution >= 4 is 47.1 Å². The molecular weight excluding hydrogens is 339 g/mol. The minimum absolute atomic E-state index is 0.102. The van der Waals surface area contributed by atoms with Crippen LogP contribution in [0, 0.1) is 0 Å². The van der Waals surface area contributed by atoms with Gasteiger partial charge in [-0.15, -0.1) is 0 Å². The molecule has 1 aromatic rings. The zero-order valence-electron chi connectivity index (χ0n) is 8.53. The van der Waals surface area contributed by atoms with E-state index in [0.29, 0.717) is 12.2 Å². The molecular formula is C11H9BrO3Se. The Bertz CT molecular complexity index is 459. The molecule has 0 bridgehead atoms. The second-order valence-corrected chi connectivity index (χ2v) is 6.58. The Morgan fingerprint density at radius 1 is 1.56 bits per heavy atom. The van der Waals surface area contributed by atoms with E-state index in [4.69, 9.17) is 4.74 Å². The van der Waals surface area contributed by atoms with Gasteiger partial charge in [0.05, 0.1) is 0 Å². The summed E-state index contributed by atoms with van der Waals surface area (Å²) in [5.41, 5.74) is 0.660. The molecule has 1 aromatic carbocycles. The first-order chi connectivity index (χ1) is 7.63. The second-order valence-electron chi connectivity index (χ2n) is 3.25. The van der Waals surface area contributed by atoms with Gasteiger partial charge in [0, 0.05) is 0 Å². The summed E-state index contributed by atoms with van der Waals surface area (Å²) in [6.45, 7) is 2.06. The van der Waals surface area contributed by atoms with Gasteiger partial charge in [-0.1, -0.05) is 0 Å². The van der Waals surface area contributed by atoms with Crippen molar-refractivity contribution in [1.29, 1.82) is 0 Å². The van der Waals surface area contributed by atoms with Gasteiger partial charge in [0.2, 0.25) is 0 Å². The molecule has 0 amide bonds. The van der Waals surface area contributed by atoms with E-state index in [2.05, 4.69) is 15.9 Å². The van der Waals surface area contributed by atoms with Crippen LogP contribution in [0.3, 0.4) is 0 Å². The molecule has 1 heterocycles. The first-order valence-corrected chi connectivity index (χ1v) is 7.44. The molecule has 0 N–H and O–H groups in total. The van der Waals surface area contributed by atoms with Crippen LogP contribution in [-0.2, 0) is 9.53 Å². The van der Waals surface area contributed by atoms with Gasteiger partial charge < -0.3 is 0 Å². The van der Waals surface area contributed by atoms with Gasteiger partial charge in [-0.05, 0) is 0 Å². The van der Waals surface area contributed by atoms with Crippen LogP contribution in [0.4, 0.5) is 0 Å². The van der Waals surface area contributed by atoms with Gasteiger partial charge >= 0.3 is 108 Å². The molecule has 84 valence electrons. The van der Waals surface area contributed by atoms with E-state index in [0.717, 1.165) is 8.93 Å². The van der Waals surface area contributed by atoms with Crippen molar-refractivity contribution in [3.8, 4) is 0 Å². The molecule has 0 saturated heterocycles. The Labute approximate surface area is 108 Å². The molecule has 0 spiro atoms. The number of Topliss-reactive ketones (excluding diaryl/α,β-unsaturated/α-hetero) is 1. The van der Waals surface area contributed by atoms with E-state index in [9.17, 15) is 9.59 Å². The normalized spacial score (nSPS) is 18.4. The molecule has 0 fully saturated rings. The Kier molecular flexibility index (Phi) is 3.47. The molecule has 16 heavy (non-hydrogen) atoms. The number of carbonyl (C=O) groups is 2. The van der Waals surface area contributed by atoms with E-state index < -0.39 is 4.82 Å². The fraction of sp³-hybridized carbons (Fsp3) is 0.273. The molecule has 3 nitrogen and oxygen atoms in total. The van der Waals surface area contributed by atoms with Crippen molar-refractivity contribution in [2.24, 2.45) is 0 Å². The van der Waals surface area contributed by atoms with Crippen LogP contribution in [0.1, 0.15) is 17.3 Å². The van der Waals surface area contributed by atoms with Crippen LogP contribution in [0.15, 0.2) is 22.7 Å². The summed E-state index contributed by atoms with van der Waals surface area (Å²) in [5, 5.41) is 0. The quantitative estimate of drug-likeness (QED) is 0.460. The third-order valence-corrected chi connectivity index (χ3v) is 5.31. The van der Waals surface area contributed by atoms with Gasteiger partial charge in [0.1, 0.15) is 0 Å². The number of benzene rings is 1. The third kappa shape index (κ3) is 2.08. The van der Waals surface area contributed by atoms with E-state index in [1.807, 2.05) is 12.1 Å². The molecule has 1 unspecified atom stereocenters. The van der Waals surface area contributed by atoms with E-state index in [1.54, 1.807) is 13.0 Å². The molecule has 5 heteroatoms. The third-order valence-electron chi connectivity index (χ3n) is 2.19. The molecule has 0 aliphatic carbocycles. The van der Waals surface area contributed by atoms with Gasteiger partial charge in [-0.2, -0.15) is 0 Å². The summed E-state index contributed by atoms with van der Waals surface area (Å²) in [6.07, 6.45) is 0. The van der Waals surface area contributed by atoms with Gasteiger partial charge in [-0.3, -0.25) is 0 Å². The number of fused-ring (bicyclic) bond motifs is 1. The SMILES string of the molecule is CCOC(=O)C1[Se]c2ccc(Br)cc2C1=O. The molecule has 2 rings (SSSR count). The first kappa shape index (κ1) is 11.8. The van der Waals surface area contributed by atoms with Gasteiger partial charge in [0.25, 0.3) is 0 Å². The molecule has 0 saturated carbocycles. The topological polar surface area (TPSA) is 43.4 Å². The summed E-state index contributed by atoms with van der Waals surface area (Å²) in [4.78, 5) is 22.9. The van der Waals surface area contributed by atoms with Crippen LogP contribution in [-0.4, -0.2) is 33.3 Å². The maximum atomic E-state index is 12.0. The minimum atomic E-state index is -0.586. The number of esters is 1. The van der Waals surface area contributed by atoms with E-state index in [1.165, 1.54) is 0 Å². The number of hydrogen-bond donors (Lipinski definition) is 0. The summed E-state index contributed by atoms with van der Waals surface area (Å²) in [7, 11) is 0. The molecule has 1 aliphatic heterocycles. The molecule has 0 radical (unpaired) electrons. The van der Waals surface area contributed by atoms with Crippen molar-refractivity contribution in [2.45, 2.75) is 11.7 Å². The fourth-order valence-corrected chi connectivity index (χ4v) is 4.13. The Morgan fingerprint density at radius 2 is 2.31 bits per heavy atom. The van der Waals surface area contributed by atoms with Gasteiger partial charge in [-0.25, -0.2) is 0 Å². The van der Waals surface area contributed by atoms with Crippen LogP contribution in [0.2, 0.25) is 4.82 Å². The summed E-state index contributed by atoms with van der Waals surface area (Å²) >= 11 is 3.18. The van der Waals surface area contributed by atoms with Crippen molar-refractivity contribution in [3.63, 3.8) is 0 Å². The van der Waals surface area contributed by atoms with Crippen LogP contribution in [0.5, 0.6) is 0 Å². The van der Waals surface area contributed by atoms with Crippen molar-refractivity contribution in [1.82, 2.24) is 0 Å². The second kappa shape index (κ2) is 4.70. The number of halogens is 1. The number of ether oxygens (including phenoxy) is 1. The fourth-order valence-electron chi connectivity index (χ4n) is 1.49. The molecule has 1 aliphatic rings. The average molecular weight is 348 g/mol. The predicted octanol–water partition coefficient (Wildman–Crippen LogP) is 1.33. The maximum absolute atomic E-state index is 12.0. The van der Waals surface area contributed by atoms with Crippen molar-refractivity contribution in [3.05, 3.63) is 28.2 Å². The number of hydrogen-bond acceptors (Lipinski definition) is 3. The zero-order valence-corrected chi connectivity index (χ0v) is 11.8. The number of carbonyl (C=O) groups excluding carboxylic acids is 2. The standard InChI is InChI=1S/C11H9BrO3Se/c1-2-15-11(14)10-9(13)7-5-6(12)3-4-8(7)16-10/h3-5,10H,2H2,1H3. The van der Waals surface area contributed by atoms with Crippen LogP contribution in [0.25, 0.3) is 0 Å². The van der Waals surface area contributed by atoms with E-state index >= 15 is 0 Å². The number of ketones is 1. The molecule has 1 atom stereocenters. The predicted molar refractivity (Wildman–Crippen MR) is 64.2 cm³/mol. The van der Waals surface area contributed by atoms with Crippen molar-refractivity contribution < 1.29 is 14.3 Å². The first-order valence-electron chi connectivity index (χ1n) is 4.80. The monoisotopic (exact) mass is 348 g/mol. The average Bonchev–Trinajstić information content (AvgIpc) is 2.57. The zero-order chi connectivity index (χ0) is 11.7. The van der Waals surface area contributed by atoms with Crippen LogP contribution >= 0.6 is 15.9 Å². The Morgan fingerprint density at radius 3 is 3.00 bits per heavy atom. The van der Waals surface area contributed by atoms with Crippen LogP contribution < -0.4 is 4.46 Å². The number of rotatable bonds is 2. The summed E-state index contributed by atoms with van der Waals surface area (Å²) in [6, 6.07) is 5.57. The Hall–Kier alpha value is -0.641.